The molecular formula is C10H23O2Si. The van der Waals surface area contributed by atoms with Gasteiger partial charge in [0, 0.05) is 0 Å². The van der Waals surface area contributed by atoms with Gasteiger partial charge in [-0.15, -0.1) is 0 Å². The quantitative estimate of drug-likeness (QED) is 0.363. The molecule has 0 amide bonds. The van der Waals surface area contributed by atoms with Crippen molar-refractivity contribution in [3.05, 3.63) is 0 Å². The predicted molar refractivity (Wildman–Crippen MR) is 57.9 cm³/mol. The zero-order valence-electron chi connectivity index (χ0n) is 9.43. The molecule has 1 aliphatic heterocycles. The molecule has 1 heterocycles. The van der Waals surface area contributed by atoms with Gasteiger partial charge in [-0.3, -0.25) is 0 Å². The topological polar surface area (TPSA) is 29.1 Å². The summed E-state index contributed by atoms with van der Waals surface area (Å²) < 4.78 is 0. The number of hydrogen-bond donors (Lipinski definition) is 0. The molecule has 79 valence electrons. The summed E-state index contributed by atoms with van der Waals surface area (Å²) in [5, 5.41) is 8.80. The Morgan fingerprint density at radius 3 is 2.15 bits per heavy atom. The van der Waals surface area contributed by atoms with E-state index in [1.54, 1.807) is 13.0 Å². The molecule has 1 unspecified atom stereocenters. The average Bonchev–Trinajstić information content (AvgIpc) is 2.11. The molecule has 1 rings (SSSR count). The lowest BCUT2D eigenvalue weighted by molar-refractivity contribution is -0.299. The summed E-state index contributed by atoms with van der Waals surface area (Å²) in [5.74, 6) is 0. The van der Waals surface area contributed by atoms with E-state index in [-0.39, 0.29) is 6.61 Å². The molecule has 0 saturated carbocycles. The van der Waals surface area contributed by atoms with Crippen molar-refractivity contribution in [1.82, 2.24) is 0 Å². The van der Waals surface area contributed by atoms with Crippen LogP contribution in [0.3, 0.4) is 0 Å². The van der Waals surface area contributed by atoms with Crippen molar-refractivity contribution in [3.63, 3.8) is 0 Å². The second-order valence-electron chi connectivity index (χ2n) is 4.54. The lowest BCUT2D eigenvalue weighted by atomic mass is 10.2. The summed E-state index contributed by atoms with van der Waals surface area (Å²) in [6.07, 6.45) is 4.53. The van der Waals surface area contributed by atoms with Crippen LogP contribution in [0, 0.1) is 0 Å². The highest BCUT2D eigenvalue weighted by Gasteiger charge is 2.30. The van der Waals surface area contributed by atoms with Crippen LogP contribution in [0.4, 0.5) is 0 Å². The molecule has 0 N–H and O–H groups in total. The highest BCUT2D eigenvalue weighted by atomic mass is 28.3. The molecule has 0 aromatic rings. The molecule has 0 aromatic carbocycles. The molecule has 13 heavy (non-hydrogen) atoms. The van der Waals surface area contributed by atoms with Crippen LogP contribution < -0.4 is 0 Å². The average molecular weight is 203 g/mol. The second kappa shape index (κ2) is 6.57. The monoisotopic (exact) mass is 203 g/mol. The van der Waals surface area contributed by atoms with Crippen LogP contribution in [0.2, 0.25) is 24.7 Å². The van der Waals surface area contributed by atoms with Gasteiger partial charge in [0.25, 0.3) is 0 Å². The standard InChI is InChI=1S/C8H18Si.C2H5O2/c1-8-6-4-5-7-9(8,2)3;1-2-4-3/h8H,4-7H2,1-3H3;2H2,1H3. The van der Waals surface area contributed by atoms with Crippen LogP contribution in [0.25, 0.3) is 0 Å². The molecule has 1 saturated heterocycles. The van der Waals surface area contributed by atoms with Crippen LogP contribution in [0.15, 0.2) is 0 Å². The van der Waals surface area contributed by atoms with Crippen molar-refractivity contribution in [2.75, 3.05) is 6.61 Å². The first-order chi connectivity index (χ1) is 6.04. The van der Waals surface area contributed by atoms with Gasteiger partial charge < -0.3 is 0 Å². The molecule has 1 fully saturated rings. The lowest BCUT2D eigenvalue weighted by Crippen LogP contribution is -2.33. The second-order valence-corrected chi connectivity index (χ2v) is 10.0. The highest BCUT2D eigenvalue weighted by Crippen LogP contribution is 2.36. The fourth-order valence-electron chi connectivity index (χ4n) is 1.67. The van der Waals surface area contributed by atoms with E-state index in [0.717, 1.165) is 5.54 Å². The van der Waals surface area contributed by atoms with Gasteiger partial charge in [-0.2, -0.15) is 0 Å². The van der Waals surface area contributed by atoms with E-state index >= 15 is 0 Å². The summed E-state index contributed by atoms with van der Waals surface area (Å²) in [7, 11) is -0.694. The zero-order valence-corrected chi connectivity index (χ0v) is 10.4. The SMILES string of the molecule is CC1CCCC[Si]1(C)C.CCO[O]. The molecule has 1 radical (unpaired) electrons. The van der Waals surface area contributed by atoms with Gasteiger partial charge in [-0.05, 0) is 17.7 Å². The first-order valence-electron chi connectivity index (χ1n) is 5.29. The Labute approximate surface area is 83.2 Å². The summed E-state index contributed by atoms with van der Waals surface area (Å²) >= 11 is 0. The summed E-state index contributed by atoms with van der Waals surface area (Å²) in [5.41, 5.74) is 1.09. The Kier molecular flexibility index (Phi) is 6.64. The molecule has 1 aliphatic rings. The maximum atomic E-state index is 8.80. The largest absolute Gasteiger partial charge is 0.204 e. The molecule has 0 aliphatic carbocycles. The van der Waals surface area contributed by atoms with Crippen LogP contribution in [-0.2, 0) is 10.1 Å². The minimum Gasteiger partial charge on any atom is -0.204 e. The maximum Gasteiger partial charge on any atom is 0.0826 e. The van der Waals surface area contributed by atoms with E-state index in [4.69, 9.17) is 5.26 Å². The van der Waals surface area contributed by atoms with Crippen LogP contribution >= 0.6 is 0 Å². The molecule has 3 heteroatoms. The number of hydrogen-bond acceptors (Lipinski definition) is 1. The third kappa shape index (κ3) is 5.44. The van der Waals surface area contributed by atoms with E-state index in [9.17, 15) is 0 Å². The Balaban J connectivity index is 0.000000310. The van der Waals surface area contributed by atoms with Gasteiger partial charge in [0.1, 0.15) is 0 Å². The molecular weight excluding hydrogens is 180 g/mol. The molecule has 0 spiro atoms. The summed E-state index contributed by atoms with van der Waals surface area (Å²) in [6, 6.07) is 1.58. The van der Waals surface area contributed by atoms with E-state index in [0.29, 0.717) is 0 Å². The molecule has 1 atom stereocenters. The van der Waals surface area contributed by atoms with Crippen LogP contribution in [-0.4, -0.2) is 14.7 Å². The van der Waals surface area contributed by atoms with Gasteiger partial charge >= 0.3 is 0 Å². The van der Waals surface area contributed by atoms with Gasteiger partial charge in [-0.1, -0.05) is 45.3 Å². The minimum absolute atomic E-state index is 0.264. The first kappa shape index (κ1) is 13.1. The van der Waals surface area contributed by atoms with Crippen molar-refractivity contribution in [2.45, 2.75) is 57.8 Å². The smallest absolute Gasteiger partial charge is 0.0826 e. The first-order valence-corrected chi connectivity index (χ1v) is 8.57. The third-order valence-corrected chi connectivity index (χ3v) is 7.76. The maximum absolute atomic E-state index is 8.80. The van der Waals surface area contributed by atoms with Crippen molar-refractivity contribution in [1.29, 1.82) is 0 Å². The van der Waals surface area contributed by atoms with Gasteiger partial charge in [0.2, 0.25) is 0 Å². The van der Waals surface area contributed by atoms with E-state index in [1.165, 1.54) is 19.3 Å². The summed E-state index contributed by atoms with van der Waals surface area (Å²) in [4.78, 5) is 3.29. The van der Waals surface area contributed by atoms with Crippen molar-refractivity contribution in [3.8, 4) is 0 Å². The van der Waals surface area contributed by atoms with E-state index in [2.05, 4.69) is 24.9 Å². The predicted octanol–water partition coefficient (Wildman–Crippen LogP) is 3.64. The Bertz CT molecular complexity index is 124. The van der Waals surface area contributed by atoms with Gasteiger partial charge in [0.15, 0.2) is 0 Å². The van der Waals surface area contributed by atoms with Gasteiger partial charge in [-0.25, -0.2) is 4.89 Å². The van der Waals surface area contributed by atoms with Crippen molar-refractivity contribution in [2.24, 2.45) is 0 Å². The number of rotatable bonds is 1. The third-order valence-electron chi connectivity index (χ3n) is 3.16. The van der Waals surface area contributed by atoms with Gasteiger partial charge in [0.05, 0.1) is 14.7 Å². The fourth-order valence-corrected chi connectivity index (χ4v) is 4.31. The highest BCUT2D eigenvalue weighted by molar-refractivity contribution is 6.78. The Hall–Kier alpha value is 0.137. The molecule has 0 aromatic heterocycles. The minimum atomic E-state index is -0.694. The van der Waals surface area contributed by atoms with E-state index in [1.807, 2.05) is 0 Å². The summed E-state index contributed by atoms with van der Waals surface area (Å²) in [6.45, 7) is 9.44. The van der Waals surface area contributed by atoms with Crippen molar-refractivity contribution >= 4 is 8.07 Å². The zero-order chi connectivity index (χ0) is 10.3. The van der Waals surface area contributed by atoms with Crippen molar-refractivity contribution < 1.29 is 10.1 Å². The van der Waals surface area contributed by atoms with Crippen LogP contribution in [0.1, 0.15) is 33.1 Å². The Morgan fingerprint density at radius 1 is 1.38 bits per heavy atom. The van der Waals surface area contributed by atoms with Crippen LogP contribution in [0.5, 0.6) is 0 Å². The Morgan fingerprint density at radius 2 is 1.92 bits per heavy atom. The normalized spacial score (nSPS) is 26.1. The van der Waals surface area contributed by atoms with E-state index < -0.39 is 8.07 Å². The molecule has 0 bridgehead atoms. The molecule has 2 nitrogen and oxygen atoms in total. The fraction of sp³-hybridized carbons (Fsp3) is 1.00. The lowest BCUT2D eigenvalue weighted by Gasteiger charge is -2.34.